The van der Waals surface area contributed by atoms with E-state index in [2.05, 4.69) is 9.97 Å². The van der Waals surface area contributed by atoms with Crippen LogP contribution in [0.1, 0.15) is 37.7 Å². The minimum atomic E-state index is -1.17. The second-order valence-corrected chi connectivity index (χ2v) is 10.8. The van der Waals surface area contributed by atoms with Crippen molar-refractivity contribution < 1.29 is 32.3 Å². The van der Waals surface area contributed by atoms with Gasteiger partial charge in [-0.25, -0.2) is 13.8 Å². The molecular weight excluding hydrogens is 532 g/mol. The Kier molecular flexibility index (Phi) is 7.66. The lowest BCUT2D eigenvalue weighted by molar-refractivity contribution is -0.148. The van der Waals surface area contributed by atoms with Gasteiger partial charge in [0.2, 0.25) is 11.8 Å². The maximum absolute atomic E-state index is 15.6. The summed E-state index contributed by atoms with van der Waals surface area (Å²) >= 11 is 0. The molecule has 1 saturated carbocycles. The van der Waals surface area contributed by atoms with Gasteiger partial charge >= 0.3 is 5.97 Å². The molecule has 8 nitrogen and oxygen atoms in total. The fourth-order valence-corrected chi connectivity index (χ4v) is 6.00. The summed E-state index contributed by atoms with van der Waals surface area (Å²) in [7, 11) is 1.39. The number of ether oxygens (including phenoxy) is 2. The average molecular weight is 564 g/mol. The Hall–Kier alpha value is -3.92. The fraction of sp³-hybridized carbons (Fsp3) is 0.419. The number of pyridine rings is 1. The van der Waals surface area contributed by atoms with E-state index in [9.17, 15) is 14.0 Å². The molecule has 0 spiro atoms. The number of methoxy groups -OCH3 is 1. The molecule has 0 bridgehead atoms. The second-order valence-electron chi connectivity index (χ2n) is 10.8. The van der Waals surface area contributed by atoms with Crippen molar-refractivity contribution in [2.45, 2.75) is 56.8 Å². The van der Waals surface area contributed by atoms with Crippen molar-refractivity contribution in [1.82, 2.24) is 14.9 Å². The van der Waals surface area contributed by atoms with Gasteiger partial charge in [-0.05, 0) is 43.2 Å². The van der Waals surface area contributed by atoms with Gasteiger partial charge in [0.25, 0.3) is 0 Å². The maximum atomic E-state index is 15.6. The molecule has 2 aromatic heterocycles. The molecule has 3 heterocycles. The smallest absolute Gasteiger partial charge is 0.308 e. The number of halogens is 2. The minimum absolute atomic E-state index is 0.0488. The quantitative estimate of drug-likeness (QED) is 0.278. The van der Waals surface area contributed by atoms with Crippen molar-refractivity contribution in [3.05, 3.63) is 60.0 Å². The van der Waals surface area contributed by atoms with Crippen LogP contribution >= 0.6 is 0 Å². The van der Waals surface area contributed by atoms with Crippen molar-refractivity contribution >= 4 is 33.7 Å². The molecule has 2 aliphatic rings. The lowest BCUT2D eigenvalue weighted by Crippen LogP contribution is -2.40. The molecule has 214 valence electrons. The Labute approximate surface area is 235 Å². The number of carbonyl (C=O) groups is 2. The van der Waals surface area contributed by atoms with Crippen LogP contribution in [0.25, 0.3) is 33.5 Å². The van der Waals surface area contributed by atoms with Crippen LogP contribution in [0.5, 0.6) is 0 Å². The van der Waals surface area contributed by atoms with Crippen LogP contribution < -0.4 is 0 Å². The summed E-state index contributed by atoms with van der Waals surface area (Å²) in [4.78, 5) is 35.3. The molecule has 2 atom stereocenters. The summed E-state index contributed by atoms with van der Waals surface area (Å²) in [5.74, 6) is -1.16. The van der Waals surface area contributed by atoms with Gasteiger partial charge in [-0.15, -0.1) is 0 Å². The number of hydrogen-bond donors (Lipinski definition) is 0. The Bertz CT molecular complexity index is 1580. The van der Waals surface area contributed by atoms with E-state index in [1.807, 2.05) is 30.3 Å². The number of oxazole rings is 1. The predicted octanol–water partition coefficient (Wildman–Crippen LogP) is 5.41. The molecule has 6 rings (SSSR count). The molecule has 2 aromatic carbocycles. The zero-order valence-electron chi connectivity index (χ0n) is 22.7. The van der Waals surface area contributed by atoms with Gasteiger partial charge in [-0.2, -0.15) is 0 Å². The highest BCUT2D eigenvalue weighted by Gasteiger charge is 2.37. The molecule has 0 N–H and O–H groups in total. The van der Waals surface area contributed by atoms with E-state index in [1.54, 1.807) is 12.3 Å². The van der Waals surface area contributed by atoms with Crippen molar-refractivity contribution in [3.63, 3.8) is 0 Å². The number of aromatic nitrogens is 2. The van der Waals surface area contributed by atoms with E-state index >= 15 is 4.39 Å². The summed E-state index contributed by atoms with van der Waals surface area (Å²) in [5.41, 5.74) is 0.928. The average Bonchev–Trinajstić information content (AvgIpc) is 3.61. The molecule has 0 unspecified atom stereocenters. The lowest BCUT2D eigenvalue weighted by Gasteiger charge is -2.30. The third kappa shape index (κ3) is 5.53. The third-order valence-corrected chi connectivity index (χ3v) is 8.21. The summed E-state index contributed by atoms with van der Waals surface area (Å²) in [6.45, 7) is 0.149. The number of rotatable bonds is 7. The van der Waals surface area contributed by atoms with Gasteiger partial charge in [0.1, 0.15) is 17.4 Å². The largest absolute Gasteiger partial charge is 0.469 e. The number of benzene rings is 2. The van der Waals surface area contributed by atoms with E-state index in [-0.39, 0.29) is 66.9 Å². The molecule has 41 heavy (non-hydrogen) atoms. The topological polar surface area (TPSA) is 94.8 Å². The summed E-state index contributed by atoms with van der Waals surface area (Å²) < 4.78 is 46.7. The van der Waals surface area contributed by atoms with E-state index in [0.717, 1.165) is 10.8 Å². The van der Waals surface area contributed by atoms with Crippen molar-refractivity contribution in [2.75, 3.05) is 20.3 Å². The first-order valence-corrected chi connectivity index (χ1v) is 14.0. The van der Waals surface area contributed by atoms with Crippen molar-refractivity contribution in [3.8, 4) is 11.6 Å². The van der Waals surface area contributed by atoms with Crippen LogP contribution in [0.4, 0.5) is 8.78 Å². The number of carbonyl (C=O) groups excluding carboxylic acids is 2. The van der Waals surface area contributed by atoms with Gasteiger partial charge in [-0.1, -0.05) is 30.3 Å². The number of amides is 1. The number of fused-ring (bicyclic) bond motifs is 2. The SMILES string of the molecule is COC(=O)C1CCC(OC[C@@H]2C[C@H](F)CN2C(=O)Cc2ccc3nc(-c4nccc5ccccc45)oc3c2F)CC1. The van der Waals surface area contributed by atoms with Crippen LogP contribution in [0.15, 0.2) is 53.1 Å². The summed E-state index contributed by atoms with van der Waals surface area (Å²) in [5, 5.41) is 1.78. The number of esters is 1. The number of alkyl halides is 1. The Morgan fingerprint density at radius 1 is 1.10 bits per heavy atom. The van der Waals surface area contributed by atoms with Crippen LogP contribution in [0.3, 0.4) is 0 Å². The van der Waals surface area contributed by atoms with Crippen LogP contribution in [0.2, 0.25) is 0 Å². The highest BCUT2D eigenvalue weighted by molar-refractivity contribution is 5.93. The first-order valence-electron chi connectivity index (χ1n) is 14.0. The number of likely N-dealkylation sites (tertiary alicyclic amines) is 1. The van der Waals surface area contributed by atoms with Crippen LogP contribution in [-0.2, 0) is 25.5 Å². The molecule has 2 fully saturated rings. The monoisotopic (exact) mass is 563 g/mol. The zero-order valence-corrected chi connectivity index (χ0v) is 22.7. The molecule has 4 aromatic rings. The van der Waals surface area contributed by atoms with Gasteiger partial charge in [0.15, 0.2) is 11.4 Å². The molecule has 1 aliphatic heterocycles. The first kappa shape index (κ1) is 27.3. The van der Waals surface area contributed by atoms with Gasteiger partial charge < -0.3 is 18.8 Å². The normalized spacial score (nSPS) is 22.9. The summed E-state index contributed by atoms with van der Waals surface area (Å²) in [6.07, 6.45) is 3.14. The molecule has 1 aliphatic carbocycles. The van der Waals surface area contributed by atoms with E-state index in [4.69, 9.17) is 13.9 Å². The Morgan fingerprint density at radius 2 is 1.90 bits per heavy atom. The van der Waals surface area contributed by atoms with E-state index in [1.165, 1.54) is 18.1 Å². The number of hydrogen-bond acceptors (Lipinski definition) is 7. The van der Waals surface area contributed by atoms with Gasteiger partial charge in [0, 0.05) is 23.6 Å². The van der Waals surface area contributed by atoms with Gasteiger partial charge in [0.05, 0.1) is 44.7 Å². The maximum Gasteiger partial charge on any atom is 0.308 e. The molecule has 1 amide bonds. The van der Waals surface area contributed by atoms with Crippen LogP contribution in [0, 0.1) is 11.7 Å². The standard InChI is InChI=1S/C31H31F2N3O5/c1-39-31(38)19-6-9-23(10-7-19)40-17-22-15-21(32)16-36(22)26(37)14-20-8-11-25-29(27(20)33)41-30(35-25)28-24-5-3-2-4-18(24)12-13-34-28/h2-5,8,11-13,19,21-23H,6-7,9-10,14-17H2,1H3/t19?,21-,22-,23?/m0/s1. The molecule has 10 heteroatoms. The third-order valence-electron chi connectivity index (χ3n) is 8.21. The van der Waals surface area contributed by atoms with Crippen molar-refractivity contribution in [1.29, 1.82) is 0 Å². The fourth-order valence-electron chi connectivity index (χ4n) is 6.00. The van der Waals surface area contributed by atoms with Crippen LogP contribution in [-0.4, -0.2) is 65.3 Å². The second kappa shape index (κ2) is 11.5. The first-order chi connectivity index (χ1) is 19.9. The molecule has 1 saturated heterocycles. The van der Waals surface area contributed by atoms with Crippen molar-refractivity contribution in [2.24, 2.45) is 5.92 Å². The van der Waals surface area contributed by atoms with E-state index in [0.29, 0.717) is 36.9 Å². The predicted molar refractivity (Wildman–Crippen MR) is 147 cm³/mol. The Balaban J connectivity index is 1.14. The highest BCUT2D eigenvalue weighted by Crippen LogP contribution is 2.32. The van der Waals surface area contributed by atoms with Gasteiger partial charge in [-0.3, -0.25) is 14.6 Å². The Morgan fingerprint density at radius 3 is 2.71 bits per heavy atom. The number of nitrogens with zero attached hydrogens (tertiary/aromatic N) is 3. The zero-order chi connectivity index (χ0) is 28.5. The molecule has 0 radical (unpaired) electrons. The molecular formula is C31H31F2N3O5. The van der Waals surface area contributed by atoms with E-state index < -0.39 is 18.0 Å². The lowest BCUT2D eigenvalue weighted by atomic mass is 9.87. The summed E-state index contributed by atoms with van der Waals surface area (Å²) in [6, 6.07) is 12.2. The minimum Gasteiger partial charge on any atom is -0.469 e. The highest BCUT2D eigenvalue weighted by atomic mass is 19.1.